The first kappa shape index (κ1) is 15.5. The van der Waals surface area contributed by atoms with Gasteiger partial charge in [-0.1, -0.05) is 11.6 Å². The van der Waals surface area contributed by atoms with Gasteiger partial charge >= 0.3 is 0 Å². The van der Waals surface area contributed by atoms with Gasteiger partial charge in [-0.25, -0.2) is 0 Å². The van der Waals surface area contributed by atoms with Crippen LogP contribution in [0.4, 0.5) is 0 Å². The molecule has 0 radical (unpaired) electrons. The fourth-order valence-electron chi connectivity index (χ4n) is 2.76. The topological polar surface area (TPSA) is 15.3 Å². The second-order valence-electron chi connectivity index (χ2n) is 4.44. The van der Waals surface area contributed by atoms with Crippen molar-refractivity contribution in [2.45, 2.75) is 19.0 Å². The number of fused-ring (bicyclic) bond motifs is 1. The average molecular weight is 316 g/mol. The number of hydrogen-bond acceptors (Lipinski definition) is 3. The van der Waals surface area contributed by atoms with E-state index < -0.39 is 0 Å². The summed E-state index contributed by atoms with van der Waals surface area (Å²) in [7, 11) is 0. The highest BCUT2D eigenvalue weighted by Gasteiger charge is 2.37. The molecule has 0 amide bonds. The van der Waals surface area contributed by atoms with Gasteiger partial charge in [0.25, 0.3) is 0 Å². The molecule has 2 aliphatic rings. The van der Waals surface area contributed by atoms with Gasteiger partial charge < -0.3 is 5.32 Å². The number of rotatable bonds is 2. The third kappa shape index (κ3) is 3.09. The quantitative estimate of drug-likeness (QED) is 0.902. The molecule has 2 saturated heterocycles. The molecule has 0 aliphatic carbocycles. The van der Waals surface area contributed by atoms with Crippen molar-refractivity contribution in [3.63, 3.8) is 0 Å². The molecule has 1 aromatic heterocycles. The van der Waals surface area contributed by atoms with Crippen LogP contribution in [-0.2, 0) is 6.54 Å². The number of likely N-dealkylation sites (tertiary alicyclic amines) is 1. The van der Waals surface area contributed by atoms with Gasteiger partial charge in [0.2, 0.25) is 0 Å². The summed E-state index contributed by atoms with van der Waals surface area (Å²) in [6.07, 6.45) is 1.35. The molecule has 1 N–H and O–H groups in total. The number of thiophene rings is 1. The van der Waals surface area contributed by atoms with Gasteiger partial charge in [0, 0.05) is 24.0 Å². The van der Waals surface area contributed by atoms with E-state index in [1.807, 2.05) is 6.07 Å². The molecule has 0 bridgehead atoms. The smallest absolute Gasteiger partial charge is 0.0558 e. The van der Waals surface area contributed by atoms with Crippen molar-refractivity contribution < 1.29 is 0 Å². The van der Waals surface area contributed by atoms with Gasteiger partial charge in [0.15, 0.2) is 0 Å². The Morgan fingerprint density at radius 3 is 2.94 bits per heavy atom. The lowest BCUT2D eigenvalue weighted by Crippen LogP contribution is -2.33. The largest absolute Gasteiger partial charge is 0.315 e. The molecule has 6 heteroatoms. The minimum Gasteiger partial charge on any atom is -0.315 e. The minimum absolute atomic E-state index is 0. The van der Waals surface area contributed by atoms with Crippen LogP contribution in [0.5, 0.6) is 0 Å². The highest BCUT2D eigenvalue weighted by Crippen LogP contribution is 2.31. The zero-order valence-electron chi connectivity index (χ0n) is 9.39. The van der Waals surface area contributed by atoms with Gasteiger partial charge in [0.05, 0.1) is 5.02 Å². The van der Waals surface area contributed by atoms with Crippen molar-refractivity contribution >= 4 is 47.8 Å². The Morgan fingerprint density at radius 1 is 1.41 bits per heavy atom. The molecule has 0 spiro atoms. The maximum absolute atomic E-state index is 6.13. The van der Waals surface area contributed by atoms with Crippen LogP contribution in [-0.4, -0.2) is 30.6 Å². The normalized spacial score (nSPS) is 27.4. The van der Waals surface area contributed by atoms with Crippen LogP contribution in [0, 0.1) is 5.92 Å². The molecular weight excluding hydrogens is 299 g/mol. The zero-order chi connectivity index (χ0) is 10.3. The van der Waals surface area contributed by atoms with E-state index >= 15 is 0 Å². The Morgan fingerprint density at radius 2 is 2.24 bits per heavy atom. The van der Waals surface area contributed by atoms with E-state index in [4.69, 9.17) is 11.6 Å². The molecule has 3 rings (SSSR count). The maximum atomic E-state index is 6.13. The summed E-state index contributed by atoms with van der Waals surface area (Å²) in [5.74, 6) is 0.878. The number of hydrogen-bond donors (Lipinski definition) is 1. The highest BCUT2D eigenvalue weighted by atomic mass is 35.5. The predicted molar refractivity (Wildman–Crippen MR) is 79.0 cm³/mol. The standard InChI is InChI=1S/C11H15ClN2S.2ClH/c12-9-2-4-15-11(9)7-14-3-1-8-5-13-6-10(8)14;;/h2,4,8,10,13H,1,3,5-7H2;2*1H/t8-,10+;;/m0../s1. The molecule has 98 valence electrons. The summed E-state index contributed by atoms with van der Waals surface area (Å²) in [6.45, 7) is 4.65. The van der Waals surface area contributed by atoms with Crippen LogP contribution in [0.25, 0.3) is 0 Å². The van der Waals surface area contributed by atoms with E-state index in [9.17, 15) is 0 Å². The first-order valence-corrected chi connectivity index (χ1v) is 6.77. The molecular formula is C11H17Cl3N2S. The lowest BCUT2D eigenvalue weighted by Gasteiger charge is -2.22. The summed E-state index contributed by atoms with van der Waals surface area (Å²) in [5.41, 5.74) is 0. The van der Waals surface area contributed by atoms with E-state index in [1.54, 1.807) is 11.3 Å². The number of nitrogens with zero attached hydrogens (tertiary/aromatic N) is 1. The van der Waals surface area contributed by atoms with E-state index in [-0.39, 0.29) is 24.8 Å². The molecule has 2 atom stereocenters. The molecule has 3 heterocycles. The van der Waals surface area contributed by atoms with Crippen LogP contribution in [0.1, 0.15) is 11.3 Å². The first-order chi connectivity index (χ1) is 7.34. The van der Waals surface area contributed by atoms with Crippen molar-refractivity contribution in [3.8, 4) is 0 Å². The summed E-state index contributed by atoms with van der Waals surface area (Å²) < 4.78 is 0. The molecule has 17 heavy (non-hydrogen) atoms. The molecule has 0 aromatic carbocycles. The average Bonchev–Trinajstić information content (AvgIpc) is 2.86. The summed E-state index contributed by atoms with van der Waals surface area (Å²) >= 11 is 7.91. The second-order valence-corrected chi connectivity index (χ2v) is 5.84. The SMILES string of the molecule is Cl.Cl.Clc1ccsc1CN1CC[C@H]2CNC[C@H]21. The molecule has 0 unspecified atom stereocenters. The number of nitrogens with one attached hydrogen (secondary N) is 1. The zero-order valence-corrected chi connectivity index (χ0v) is 12.6. The fraction of sp³-hybridized carbons (Fsp3) is 0.636. The molecule has 2 aliphatic heterocycles. The van der Waals surface area contributed by atoms with Crippen LogP contribution < -0.4 is 5.32 Å². The van der Waals surface area contributed by atoms with Crippen molar-refractivity contribution in [1.29, 1.82) is 0 Å². The first-order valence-electron chi connectivity index (χ1n) is 5.51. The summed E-state index contributed by atoms with van der Waals surface area (Å²) in [4.78, 5) is 3.91. The van der Waals surface area contributed by atoms with Crippen molar-refractivity contribution in [2.24, 2.45) is 5.92 Å². The second kappa shape index (κ2) is 6.60. The number of halogens is 3. The van der Waals surface area contributed by atoms with Crippen LogP contribution in [0.3, 0.4) is 0 Å². The Labute approximate surface area is 124 Å². The van der Waals surface area contributed by atoms with E-state index in [0.717, 1.165) is 30.1 Å². The van der Waals surface area contributed by atoms with Crippen molar-refractivity contribution in [1.82, 2.24) is 10.2 Å². The maximum Gasteiger partial charge on any atom is 0.0558 e. The third-order valence-corrected chi connectivity index (χ3v) is 4.97. The van der Waals surface area contributed by atoms with Crippen molar-refractivity contribution in [3.05, 3.63) is 21.3 Å². The van der Waals surface area contributed by atoms with Crippen molar-refractivity contribution in [2.75, 3.05) is 19.6 Å². The highest BCUT2D eigenvalue weighted by molar-refractivity contribution is 7.10. The molecule has 0 saturated carbocycles. The molecule has 2 nitrogen and oxygen atoms in total. The Balaban J connectivity index is 0.000000722. The van der Waals surface area contributed by atoms with Crippen LogP contribution in [0.15, 0.2) is 11.4 Å². The summed E-state index contributed by atoms with van der Waals surface area (Å²) in [6, 6.07) is 2.75. The van der Waals surface area contributed by atoms with E-state index in [1.165, 1.54) is 24.4 Å². The van der Waals surface area contributed by atoms with E-state index in [2.05, 4.69) is 15.6 Å². The van der Waals surface area contributed by atoms with Gasteiger partial charge in [-0.15, -0.1) is 36.2 Å². The predicted octanol–water partition coefficient (Wildman–Crippen LogP) is 3.04. The summed E-state index contributed by atoms with van der Waals surface area (Å²) in [5, 5.41) is 6.50. The Hall–Kier alpha value is 0.490. The lowest BCUT2D eigenvalue weighted by molar-refractivity contribution is 0.246. The van der Waals surface area contributed by atoms with Crippen LogP contribution in [0.2, 0.25) is 5.02 Å². The molecule has 1 aromatic rings. The van der Waals surface area contributed by atoms with Gasteiger partial charge in [0.1, 0.15) is 0 Å². The Kier molecular flexibility index (Phi) is 6.03. The van der Waals surface area contributed by atoms with Gasteiger partial charge in [-0.05, 0) is 36.9 Å². The monoisotopic (exact) mass is 314 g/mol. The van der Waals surface area contributed by atoms with Gasteiger partial charge in [-0.2, -0.15) is 0 Å². The lowest BCUT2D eigenvalue weighted by atomic mass is 10.1. The van der Waals surface area contributed by atoms with Gasteiger partial charge in [-0.3, -0.25) is 4.90 Å². The third-order valence-electron chi connectivity index (χ3n) is 3.60. The molecule has 2 fully saturated rings. The van der Waals surface area contributed by atoms with Crippen LogP contribution >= 0.6 is 47.8 Å². The minimum atomic E-state index is 0. The fourth-order valence-corrected chi connectivity index (χ4v) is 3.88. The van der Waals surface area contributed by atoms with E-state index in [0.29, 0.717) is 0 Å². The Bertz CT molecular complexity index is 358.